The molecule has 1 atom stereocenters. The van der Waals surface area contributed by atoms with Crippen LogP contribution in [0.2, 0.25) is 0 Å². The van der Waals surface area contributed by atoms with Gasteiger partial charge in [-0.15, -0.1) is 0 Å². The number of likely N-dealkylation sites (tertiary alicyclic amines) is 1. The molecule has 1 aliphatic rings. The number of phenolic OH excluding ortho intramolecular Hbond substituents is 2. The second-order valence-electron chi connectivity index (χ2n) is 9.16. The topological polar surface area (TPSA) is 86.1 Å². The number of rotatable bonds is 7. The molecule has 0 bridgehead atoms. The predicted molar refractivity (Wildman–Crippen MR) is 141 cm³/mol. The number of piperidine rings is 1. The fourth-order valence-electron chi connectivity index (χ4n) is 4.82. The van der Waals surface area contributed by atoms with Crippen molar-refractivity contribution in [1.29, 1.82) is 0 Å². The molecule has 1 unspecified atom stereocenters. The van der Waals surface area contributed by atoms with Crippen LogP contribution in [0, 0.1) is 0 Å². The minimum absolute atomic E-state index is 0.222. The number of aromatic hydroxyl groups is 2. The van der Waals surface area contributed by atoms with Gasteiger partial charge in [-0.05, 0) is 78.1 Å². The van der Waals surface area contributed by atoms with E-state index in [9.17, 15) is 15.3 Å². The zero-order chi connectivity index (χ0) is 24.9. The number of pyridine rings is 1. The number of nitrogens with zero attached hydrogens (tertiary/aromatic N) is 2. The smallest absolute Gasteiger partial charge is 0.128 e. The maximum Gasteiger partial charge on any atom is 0.128 e. The third-order valence-electron chi connectivity index (χ3n) is 6.63. The Morgan fingerprint density at radius 1 is 0.833 bits per heavy atom. The van der Waals surface area contributed by atoms with Crippen LogP contribution in [0.3, 0.4) is 0 Å². The van der Waals surface area contributed by atoms with Gasteiger partial charge in [-0.3, -0.25) is 9.88 Å². The molecule has 3 N–H and O–H groups in total. The number of aromatic nitrogens is 1. The van der Waals surface area contributed by atoms with E-state index in [1.54, 1.807) is 30.5 Å². The number of hydrogen-bond acceptors (Lipinski definition) is 6. The van der Waals surface area contributed by atoms with Gasteiger partial charge in [0, 0.05) is 31.2 Å². The Labute approximate surface area is 210 Å². The van der Waals surface area contributed by atoms with E-state index in [1.807, 2.05) is 54.6 Å². The Kier molecular flexibility index (Phi) is 7.16. The van der Waals surface area contributed by atoms with Crippen molar-refractivity contribution in [3.63, 3.8) is 0 Å². The molecule has 0 radical (unpaired) electrons. The molecule has 6 nitrogen and oxygen atoms in total. The zero-order valence-corrected chi connectivity index (χ0v) is 20.0. The lowest BCUT2D eigenvalue weighted by Crippen LogP contribution is -2.39. The normalized spacial score (nSPS) is 15.1. The molecular weight excluding hydrogens is 452 g/mol. The van der Waals surface area contributed by atoms with E-state index in [-0.39, 0.29) is 18.1 Å². The Bertz CT molecular complexity index is 1290. The molecule has 184 valence electrons. The summed E-state index contributed by atoms with van der Waals surface area (Å²) in [5.74, 6) is 1.20. The summed E-state index contributed by atoms with van der Waals surface area (Å²) >= 11 is 0. The van der Waals surface area contributed by atoms with Gasteiger partial charge in [-0.25, -0.2) is 0 Å². The van der Waals surface area contributed by atoms with Crippen LogP contribution in [-0.4, -0.2) is 57.5 Å². The molecule has 3 aromatic carbocycles. The largest absolute Gasteiger partial charge is 0.508 e. The summed E-state index contributed by atoms with van der Waals surface area (Å²) in [7, 11) is 0. The second kappa shape index (κ2) is 10.8. The van der Waals surface area contributed by atoms with Crippen LogP contribution in [0.15, 0.2) is 90.6 Å². The summed E-state index contributed by atoms with van der Waals surface area (Å²) in [6.07, 6.45) is 2.91. The number of hydrogen-bond donors (Lipinski definition) is 3. The van der Waals surface area contributed by atoms with Gasteiger partial charge >= 0.3 is 0 Å². The van der Waals surface area contributed by atoms with E-state index in [1.165, 1.54) is 5.57 Å². The summed E-state index contributed by atoms with van der Waals surface area (Å²) in [6, 6.07) is 24.2. The molecule has 0 amide bonds. The monoisotopic (exact) mass is 482 g/mol. The van der Waals surface area contributed by atoms with Gasteiger partial charge in [-0.2, -0.15) is 0 Å². The zero-order valence-electron chi connectivity index (χ0n) is 20.0. The third kappa shape index (κ3) is 5.51. The highest BCUT2D eigenvalue weighted by Gasteiger charge is 2.21. The molecule has 1 aromatic heterocycles. The Balaban J connectivity index is 1.24. The van der Waals surface area contributed by atoms with E-state index in [2.05, 4.69) is 9.88 Å². The number of aliphatic hydroxyl groups is 1. The van der Waals surface area contributed by atoms with Crippen molar-refractivity contribution in [2.45, 2.75) is 18.9 Å². The van der Waals surface area contributed by atoms with Crippen molar-refractivity contribution in [2.75, 3.05) is 26.2 Å². The van der Waals surface area contributed by atoms with Crippen LogP contribution in [0.5, 0.6) is 17.2 Å². The van der Waals surface area contributed by atoms with Gasteiger partial charge in [0.25, 0.3) is 0 Å². The maximum atomic E-state index is 10.7. The lowest BCUT2D eigenvalue weighted by atomic mass is 9.88. The molecule has 1 saturated heterocycles. The van der Waals surface area contributed by atoms with E-state index in [0.717, 1.165) is 59.3 Å². The first-order chi connectivity index (χ1) is 17.6. The van der Waals surface area contributed by atoms with Gasteiger partial charge in [0.05, 0.1) is 5.52 Å². The molecule has 0 aliphatic carbocycles. The average Bonchev–Trinajstić information content (AvgIpc) is 2.91. The number of ether oxygens (including phenoxy) is 1. The Morgan fingerprint density at radius 3 is 2.11 bits per heavy atom. The highest BCUT2D eigenvalue weighted by Crippen LogP contribution is 2.34. The van der Waals surface area contributed by atoms with Crippen molar-refractivity contribution in [1.82, 2.24) is 9.88 Å². The fourth-order valence-corrected chi connectivity index (χ4v) is 4.82. The SMILES string of the molecule is Oc1ccc(C(=C2CCN(CC(O)COc3cccc4ncccc34)CC2)c2ccc(O)cc2)cc1. The van der Waals surface area contributed by atoms with Gasteiger partial charge in [0.1, 0.15) is 30.0 Å². The molecule has 1 aliphatic heterocycles. The first kappa shape index (κ1) is 23.9. The van der Waals surface area contributed by atoms with Gasteiger partial charge in [-0.1, -0.05) is 35.9 Å². The van der Waals surface area contributed by atoms with Crippen molar-refractivity contribution < 1.29 is 20.1 Å². The number of phenols is 2. The van der Waals surface area contributed by atoms with Crippen LogP contribution >= 0.6 is 0 Å². The van der Waals surface area contributed by atoms with E-state index in [4.69, 9.17) is 4.74 Å². The lowest BCUT2D eigenvalue weighted by molar-refractivity contribution is 0.0661. The predicted octanol–water partition coefficient (Wildman–Crippen LogP) is 4.98. The summed E-state index contributed by atoms with van der Waals surface area (Å²) in [4.78, 5) is 6.63. The van der Waals surface area contributed by atoms with Crippen LogP contribution in [-0.2, 0) is 0 Å². The maximum absolute atomic E-state index is 10.7. The first-order valence-electron chi connectivity index (χ1n) is 12.2. The fraction of sp³-hybridized carbons (Fsp3) is 0.233. The number of aliphatic hydroxyl groups excluding tert-OH is 1. The number of fused-ring (bicyclic) bond motifs is 1. The number of β-amino-alcohol motifs (C(OH)–C–C–N with tert-alkyl or cyclic N) is 1. The highest BCUT2D eigenvalue weighted by molar-refractivity contribution is 5.85. The quantitative estimate of drug-likeness (QED) is 0.344. The molecule has 5 rings (SSSR count). The Hall–Kier alpha value is -3.87. The van der Waals surface area contributed by atoms with E-state index < -0.39 is 6.10 Å². The molecule has 0 saturated carbocycles. The van der Waals surface area contributed by atoms with Crippen LogP contribution in [0.4, 0.5) is 0 Å². The molecule has 1 fully saturated rings. The van der Waals surface area contributed by atoms with Gasteiger partial charge in [0.2, 0.25) is 0 Å². The second-order valence-corrected chi connectivity index (χ2v) is 9.16. The van der Waals surface area contributed by atoms with Crippen LogP contribution in [0.25, 0.3) is 16.5 Å². The number of benzene rings is 3. The highest BCUT2D eigenvalue weighted by atomic mass is 16.5. The van der Waals surface area contributed by atoms with Crippen LogP contribution in [0.1, 0.15) is 24.0 Å². The van der Waals surface area contributed by atoms with E-state index >= 15 is 0 Å². The minimum atomic E-state index is -0.601. The van der Waals surface area contributed by atoms with Crippen molar-refractivity contribution in [3.05, 3.63) is 102 Å². The Morgan fingerprint density at radius 2 is 1.47 bits per heavy atom. The first-order valence-corrected chi connectivity index (χ1v) is 12.2. The summed E-state index contributed by atoms with van der Waals surface area (Å²) in [5, 5.41) is 31.1. The van der Waals surface area contributed by atoms with Crippen molar-refractivity contribution >= 4 is 16.5 Å². The summed E-state index contributed by atoms with van der Waals surface area (Å²) in [6.45, 7) is 2.44. The minimum Gasteiger partial charge on any atom is -0.508 e. The summed E-state index contributed by atoms with van der Waals surface area (Å²) in [5.41, 5.74) is 5.43. The average molecular weight is 483 g/mol. The lowest BCUT2D eigenvalue weighted by Gasteiger charge is -2.31. The molecule has 6 heteroatoms. The summed E-state index contributed by atoms with van der Waals surface area (Å²) < 4.78 is 5.95. The van der Waals surface area contributed by atoms with E-state index in [0.29, 0.717) is 6.54 Å². The van der Waals surface area contributed by atoms with Gasteiger partial charge in [0.15, 0.2) is 0 Å². The third-order valence-corrected chi connectivity index (χ3v) is 6.63. The van der Waals surface area contributed by atoms with Crippen molar-refractivity contribution in [3.8, 4) is 17.2 Å². The molecular formula is C30H30N2O4. The molecule has 0 spiro atoms. The van der Waals surface area contributed by atoms with Crippen molar-refractivity contribution in [2.24, 2.45) is 0 Å². The molecule has 36 heavy (non-hydrogen) atoms. The molecule has 2 heterocycles. The van der Waals surface area contributed by atoms with Crippen LogP contribution < -0.4 is 4.74 Å². The van der Waals surface area contributed by atoms with Gasteiger partial charge < -0.3 is 20.1 Å². The molecule has 4 aromatic rings. The standard InChI is InChI=1S/C30H30N2O4/c33-24-10-6-21(7-11-24)30(22-8-12-25(34)13-9-22)23-14-17-32(18-15-23)19-26(35)20-36-29-5-1-4-28-27(29)3-2-16-31-28/h1-13,16,26,33-35H,14-15,17-20H2.